The monoisotopic (exact) mass is 398 g/mol. The number of rotatable bonds is 6. The van der Waals surface area contributed by atoms with Gasteiger partial charge < -0.3 is 5.32 Å². The summed E-state index contributed by atoms with van der Waals surface area (Å²) < 4.78 is 41.0. The van der Waals surface area contributed by atoms with Crippen LogP contribution in [0.4, 0.5) is 10.1 Å². The zero-order chi connectivity index (χ0) is 20.1. The number of hydrogen-bond donors (Lipinski definition) is 2. The van der Waals surface area contributed by atoms with Crippen LogP contribution in [-0.4, -0.2) is 14.3 Å². The summed E-state index contributed by atoms with van der Waals surface area (Å²) in [4.78, 5) is 12.3. The van der Waals surface area contributed by atoms with Crippen molar-refractivity contribution in [1.82, 2.24) is 5.32 Å². The number of carbonyl (C=O) groups excluding carboxylic acids is 1. The average molecular weight is 398 g/mol. The van der Waals surface area contributed by atoms with Crippen molar-refractivity contribution in [2.24, 2.45) is 0 Å². The van der Waals surface area contributed by atoms with Crippen LogP contribution >= 0.6 is 0 Å². The van der Waals surface area contributed by atoms with Gasteiger partial charge in [-0.1, -0.05) is 42.5 Å². The molecule has 0 aliphatic rings. The van der Waals surface area contributed by atoms with Crippen molar-refractivity contribution in [3.05, 3.63) is 95.3 Å². The molecule has 0 saturated heterocycles. The summed E-state index contributed by atoms with van der Waals surface area (Å²) in [6.45, 7) is 2.28. The van der Waals surface area contributed by atoms with Gasteiger partial charge in [-0.3, -0.25) is 9.52 Å². The quantitative estimate of drug-likeness (QED) is 0.662. The molecule has 3 aromatic rings. The van der Waals surface area contributed by atoms with Crippen LogP contribution < -0.4 is 10.0 Å². The molecule has 28 heavy (non-hydrogen) atoms. The fourth-order valence-corrected chi connectivity index (χ4v) is 3.75. The molecule has 3 aromatic carbocycles. The van der Waals surface area contributed by atoms with Gasteiger partial charge in [0.1, 0.15) is 5.82 Å². The van der Waals surface area contributed by atoms with E-state index in [1.54, 1.807) is 0 Å². The Hall–Kier alpha value is -3.19. The van der Waals surface area contributed by atoms with Gasteiger partial charge >= 0.3 is 0 Å². The first-order valence-corrected chi connectivity index (χ1v) is 10.1. The minimum absolute atomic E-state index is 0.126. The lowest BCUT2D eigenvalue weighted by Crippen LogP contribution is -2.23. The summed E-state index contributed by atoms with van der Waals surface area (Å²) >= 11 is 0. The van der Waals surface area contributed by atoms with E-state index < -0.39 is 21.7 Å². The van der Waals surface area contributed by atoms with Crippen molar-refractivity contribution >= 4 is 21.6 Å². The molecule has 0 saturated carbocycles. The van der Waals surface area contributed by atoms with Gasteiger partial charge in [-0.15, -0.1) is 0 Å². The topological polar surface area (TPSA) is 75.3 Å². The summed E-state index contributed by atoms with van der Waals surface area (Å²) in [5, 5.41) is 2.78. The summed E-state index contributed by atoms with van der Waals surface area (Å²) in [6, 6.07) is 18.7. The van der Waals surface area contributed by atoms with Gasteiger partial charge in [0, 0.05) is 12.1 Å². The van der Waals surface area contributed by atoms with Crippen LogP contribution in [0.2, 0.25) is 0 Å². The van der Waals surface area contributed by atoms with E-state index in [1.165, 1.54) is 42.5 Å². The maximum absolute atomic E-state index is 13.7. The Morgan fingerprint density at radius 2 is 1.68 bits per heavy atom. The number of hydrogen-bond acceptors (Lipinski definition) is 3. The van der Waals surface area contributed by atoms with E-state index in [0.717, 1.165) is 17.2 Å². The van der Waals surface area contributed by atoms with Crippen LogP contribution in [0.15, 0.2) is 77.7 Å². The lowest BCUT2D eigenvalue weighted by atomic mass is 10.1. The first-order valence-electron chi connectivity index (χ1n) is 8.57. The summed E-state index contributed by atoms with van der Waals surface area (Å²) in [5.41, 5.74) is 2.07. The number of aryl methyl sites for hydroxylation is 1. The molecule has 0 unspecified atom stereocenters. The molecule has 7 heteroatoms. The molecule has 0 atom stereocenters. The zero-order valence-electron chi connectivity index (χ0n) is 15.1. The number of benzene rings is 3. The van der Waals surface area contributed by atoms with Crippen molar-refractivity contribution < 1.29 is 17.6 Å². The predicted octanol–water partition coefficient (Wildman–Crippen LogP) is 3.86. The highest BCUT2D eigenvalue weighted by molar-refractivity contribution is 7.92. The van der Waals surface area contributed by atoms with Crippen LogP contribution in [0, 0.1) is 12.7 Å². The van der Waals surface area contributed by atoms with E-state index in [4.69, 9.17) is 0 Å². The molecule has 0 fully saturated rings. The molecule has 0 heterocycles. The number of amides is 1. The van der Waals surface area contributed by atoms with E-state index in [0.29, 0.717) is 6.54 Å². The van der Waals surface area contributed by atoms with Crippen LogP contribution in [0.3, 0.4) is 0 Å². The second-order valence-corrected chi connectivity index (χ2v) is 7.90. The number of para-hydroxylation sites is 1. The zero-order valence-corrected chi connectivity index (χ0v) is 16.0. The number of sulfonamides is 1. The van der Waals surface area contributed by atoms with Gasteiger partial charge in [0.15, 0.2) is 0 Å². The lowest BCUT2D eigenvalue weighted by Gasteiger charge is -2.11. The standard InChI is InChI=1S/C21H19FN2O3S/c1-15-7-2-3-8-17(15)14-23-21(25)16-9-6-10-18(13-16)28(26,27)24-20-12-5-4-11-19(20)22/h2-13,24H,14H2,1H3,(H,23,25). The van der Waals surface area contributed by atoms with Crippen molar-refractivity contribution in [3.63, 3.8) is 0 Å². The Balaban J connectivity index is 1.77. The van der Waals surface area contributed by atoms with E-state index >= 15 is 0 Å². The van der Waals surface area contributed by atoms with Crippen LogP contribution in [0.1, 0.15) is 21.5 Å². The van der Waals surface area contributed by atoms with E-state index in [2.05, 4.69) is 10.0 Å². The smallest absolute Gasteiger partial charge is 0.262 e. The van der Waals surface area contributed by atoms with Crippen LogP contribution in [-0.2, 0) is 16.6 Å². The molecule has 5 nitrogen and oxygen atoms in total. The third-order valence-corrected chi connectivity index (χ3v) is 5.59. The normalized spacial score (nSPS) is 11.1. The third kappa shape index (κ3) is 4.55. The molecule has 1 amide bonds. The Bertz CT molecular complexity index is 1110. The second kappa shape index (κ2) is 8.22. The second-order valence-electron chi connectivity index (χ2n) is 6.22. The minimum Gasteiger partial charge on any atom is -0.348 e. The highest BCUT2D eigenvalue weighted by Crippen LogP contribution is 2.19. The lowest BCUT2D eigenvalue weighted by molar-refractivity contribution is 0.0950. The number of anilines is 1. The molecular formula is C21H19FN2O3S. The summed E-state index contributed by atoms with van der Waals surface area (Å²) in [7, 11) is -4.04. The molecule has 2 N–H and O–H groups in total. The number of carbonyl (C=O) groups is 1. The SMILES string of the molecule is Cc1ccccc1CNC(=O)c1cccc(S(=O)(=O)Nc2ccccc2F)c1. The Labute approximate surface area is 163 Å². The molecule has 0 spiro atoms. The highest BCUT2D eigenvalue weighted by Gasteiger charge is 2.18. The van der Waals surface area contributed by atoms with E-state index in [9.17, 15) is 17.6 Å². The van der Waals surface area contributed by atoms with E-state index in [-0.39, 0.29) is 16.1 Å². The van der Waals surface area contributed by atoms with Crippen molar-refractivity contribution in [3.8, 4) is 0 Å². The molecule has 0 aliphatic carbocycles. The van der Waals surface area contributed by atoms with Crippen LogP contribution in [0.5, 0.6) is 0 Å². The minimum atomic E-state index is -4.04. The average Bonchev–Trinajstić information content (AvgIpc) is 2.69. The molecule has 0 aromatic heterocycles. The summed E-state index contributed by atoms with van der Waals surface area (Å²) in [5.74, 6) is -1.08. The van der Waals surface area contributed by atoms with Gasteiger partial charge in [0.05, 0.1) is 10.6 Å². The highest BCUT2D eigenvalue weighted by atomic mass is 32.2. The number of nitrogens with one attached hydrogen (secondary N) is 2. The maximum Gasteiger partial charge on any atom is 0.262 e. The fraction of sp³-hybridized carbons (Fsp3) is 0.0952. The summed E-state index contributed by atoms with van der Waals surface area (Å²) in [6.07, 6.45) is 0. The largest absolute Gasteiger partial charge is 0.348 e. The van der Waals surface area contributed by atoms with Gasteiger partial charge in [-0.25, -0.2) is 12.8 Å². The molecule has 144 valence electrons. The van der Waals surface area contributed by atoms with Gasteiger partial charge in [-0.2, -0.15) is 0 Å². The van der Waals surface area contributed by atoms with E-state index in [1.807, 2.05) is 31.2 Å². The van der Waals surface area contributed by atoms with Crippen LogP contribution in [0.25, 0.3) is 0 Å². The van der Waals surface area contributed by atoms with Gasteiger partial charge in [0.25, 0.3) is 15.9 Å². The first-order chi connectivity index (χ1) is 13.4. The third-order valence-electron chi connectivity index (χ3n) is 4.23. The van der Waals surface area contributed by atoms with Crippen molar-refractivity contribution in [2.75, 3.05) is 4.72 Å². The Morgan fingerprint density at radius 3 is 2.43 bits per heavy atom. The van der Waals surface area contributed by atoms with Gasteiger partial charge in [0.2, 0.25) is 0 Å². The Morgan fingerprint density at radius 1 is 0.964 bits per heavy atom. The molecule has 0 radical (unpaired) electrons. The number of halogens is 1. The Kier molecular flexibility index (Phi) is 5.75. The molecule has 0 aliphatic heterocycles. The fourth-order valence-electron chi connectivity index (χ4n) is 2.64. The first kappa shape index (κ1) is 19.6. The van der Waals surface area contributed by atoms with Crippen molar-refractivity contribution in [2.45, 2.75) is 18.4 Å². The predicted molar refractivity (Wildman–Crippen MR) is 106 cm³/mol. The molecule has 3 rings (SSSR count). The van der Waals surface area contributed by atoms with Gasteiger partial charge in [-0.05, 0) is 48.4 Å². The molecule has 0 bridgehead atoms. The molecular weight excluding hydrogens is 379 g/mol. The van der Waals surface area contributed by atoms with Crippen molar-refractivity contribution in [1.29, 1.82) is 0 Å². The maximum atomic E-state index is 13.7.